The molecule has 0 aliphatic carbocycles. The number of ether oxygens (including phenoxy) is 2. The summed E-state index contributed by atoms with van der Waals surface area (Å²) in [6.45, 7) is -0.316. The third kappa shape index (κ3) is 3.62. The van der Waals surface area contributed by atoms with Crippen LogP contribution in [0.25, 0.3) is 0 Å². The van der Waals surface area contributed by atoms with E-state index in [2.05, 4.69) is 0 Å². The topological polar surface area (TPSA) is 38.7 Å². The summed E-state index contributed by atoms with van der Waals surface area (Å²) in [5, 5.41) is 9.34. The Morgan fingerprint density at radius 1 is 1.19 bits per heavy atom. The van der Waals surface area contributed by atoms with Crippen molar-refractivity contribution in [2.45, 2.75) is 13.2 Å². The SMILES string of the molecule is COc1cc(CO)cc(Cl)c1OCc1ccc(F)cc1F. The van der Waals surface area contributed by atoms with Crippen molar-refractivity contribution < 1.29 is 23.4 Å². The largest absolute Gasteiger partial charge is 0.493 e. The van der Waals surface area contributed by atoms with Crippen LogP contribution in [0, 0.1) is 11.6 Å². The number of halogens is 3. The van der Waals surface area contributed by atoms with Crippen LogP contribution in [0.1, 0.15) is 11.1 Å². The molecule has 0 saturated carbocycles. The molecule has 0 amide bonds. The fourth-order valence-electron chi connectivity index (χ4n) is 1.79. The second-order valence-corrected chi connectivity index (χ2v) is 4.70. The van der Waals surface area contributed by atoms with Gasteiger partial charge in [-0.1, -0.05) is 11.6 Å². The van der Waals surface area contributed by atoms with Gasteiger partial charge in [-0.2, -0.15) is 0 Å². The first-order chi connectivity index (χ1) is 10.0. The van der Waals surface area contributed by atoms with Gasteiger partial charge in [-0.05, 0) is 29.8 Å². The van der Waals surface area contributed by atoms with E-state index in [0.29, 0.717) is 11.3 Å². The molecule has 0 aliphatic rings. The Morgan fingerprint density at radius 2 is 1.95 bits per heavy atom. The molecule has 2 aromatic carbocycles. The monoisotopic (exact) mass is 314 g/mol. The first-order valence-electron chi connectivity index (χ1n) is 6.09. The predicted molar refractivity (Wildman–Crippen MR) is 74.6 cm³/mol. The summed E-state index contributed by atoms with van der Waals surface area (Å²) in [5.74, 6) is -0.787. The molecule has 3 nitrogen and oxygen atoms in total. The molecule has 2 aromatic rings. The predicted octanol–water partition coefficient (Wildman–Crippen LogP) is 3.70. The van der Waals surface area contributed by atoms with Crippen molar-refractivity contribution in [2.24, 2.45) is 0 Å². The van der Waals surface area contributed by atoms with Crippen LogP contribution in [-0.4, -0.2) is 12.2 Å². The summed E-state index contributed by atoms with van der Waals surface area (Å²) < 4.78 is 37.0. The zero-order valence-electron chi connectivity index (χ0n) is 11.2. The Kier molecular flexibility index (Phi) is 4.98. The minimum absolute atomic E-state index is 0.124. The number of aliphatic hydroxyl groups excluding tert-OH is 1. The Balaban J connectivity index is 2.23. The summed E-state index contributed by atoms with van der Waals surface area (Å²) in [4.78, 5) is 0. The third-order valence-corrected chi connectivity index (χ3v) is 3.14. The summed E-state index contributed by atoms with van der Waals surface area (Å²) in [6, 6.07) is 6.33. The highest BCUT2D eigenvalue weighted by atomic mass is 35.5. The lowest BCUT2D eigenvalue weighted by molar-refractivity contribution is 0.272. The number of benzene rings is 2. The quantitative estimate of drug-likeness (QED) is 0.914. The zero-order chi connectivity index (χ0) is 15.4. The Labute approximate surface area is 125 Å². The van der Waals surface area contributed by atoms with Crippen LogP contribution >= 0.6 is 11.6 Å². The third-order valence-electron chi connectivity index (χ3n) is 2.86. The van der Waals surface area contributed by atoms with Crippen molar-refractivity contribution >= 4 is 11.6 Å². The van der Waals surface area contributed by atoms with Crippen molar-refractivity contribution in [3.05, 3.63) is 58.1 Å². The van der Waals surface area contributed by atoms with Gasteiger partial charge >= 0.3 is 0 Å². The average molecular weight is 315 g/mol. The molecular weight excluding hydrogens is 302 g/mol. The van der Waals surface area contributed by atoms with E-state index in [1.807, 2.05) is 0 Å². The van der Waals surface area contributed by atoms with Crippen molar-refractivity contribution in [3.8, 4) is 11.5 Å². The molecule has 0 spiro atoms. The molecular formula is C15H13ClF2O3. The lowest BCUT2D eigenvalue weighted by Gasteiger charge is -2.14. The summed E-state index contributed by atoms with van der Waals surface area (Å²) >= 11 is 6.05. The van der Waals surface area contributed by atoms with E-state index in [4.69, 9.17) is 26.2 Å². The van der Waals surface area contributed by atoms with Crippen LogP contribution in [0.5, 0.6) is 11.5 Å². The van der Waals surface area contributed by atoms with Gasteiger partial charge in [0.05, 0.1) is 18.7 Å². The van der Waals surface area contributed by atoms with Crippen LogP contribution < -0.4 is 9.47 Å². The minimum atomic E-state index is -0.697. The van der Waals surface area contributed by atoms with Crippen molar-refractivity contribution in [1.82, 2.24) is 0 Å². The molecule has 0 aliphatic heterocycles. The van der Waals surface area contributed by atoms with Gasteiger partial charge in [-0.25, -0.2) is 8.78 Å². The lowest BCUT2D eigenvalue weighted by atomic mass is 10.2. The van der Waals surface area contributed by atoms with Gasteiger partial charge in [0.1, 0.15) is 18.2 Å². The van der Waals surface area contributed by atoms with E-state index in [1.165, 1.54) is 19.2 Å². The maximum Gasteiger partial charge on any atom is 0.180 e. The average Bonchev–Trinajstić information content (AvgIpc) is 2.46. The second-order valence-electron chi connectivity index (χ2n) is 4.29. The summed E-state index contributed by atoms with van der Waals surface area (Å²) in [5.41, 5.74) is 0.762. The molecule has 1 N–H and O–H groups in total. The smallest absolute Gasteiger partial charge is 0.180 e. The molecule has 0 radical (unpaired) electrons. The van der Waals surface area contributed by atoms with Gasteiger partial charge in [0.25, 0.3) is 0 Å². The first kappa shape index (κ1) is 15.5. The molecule has 112 valence electrons. The number of aliphatic hydroxyl groups is 1. The maximum atomic E-state index is 13.5. The van der Waals surface area contributed by atoms with Crippen LogP contribution in [0.15, 0.2) is 30.3 Å². The Morgan fingerprint density at radius 3 is 2.57 bits per heavy atom. The first-order valence-corrected chi connectivity index (χ1v) is 6.47. The molecule has 0 aromatic heterocycles. The standard InChI is InChI=1S/C15H13ClF2O3/c1-20-14-5-9(7-19)4-12(16)15(14)21-8-10-2-3-11(17)6-13(10)18/h2-6,19H,7-8H2,1H3. The fraction of sp³-hybridized carbons (Fsp3) is 0.200. The highest BCUT2D eigenvalue weighted by Crippen LogP contribution is 2.37. The maximum absolute atomic E-state index is 13.5. The molecule has 0 unspecified atom stereocenters. The normalized spacial score (nSPS) is 10.5. The lowest BCUT2D eigenvalue weighted by Crippen LogP contribution is -2.02. The Bertz CT molecular complexity index is 647. The molecule has 0 heterocycles. The highest BCUT2D eigenvalue weighted by Gasteiger charge is 2.13. The molecule has 6 heteroatoms. The second kappa shape index (κ2) is 6.74. The van der Waals surface area contributed by atoms with Crippen LogP contribution in [0.3, 0.4) is 0 Å². The summed E-state index contributed by atoms with van der Waals surface area (Å²) in [7, 11) is 1.43. The van der Waals surface area contributed by atoms with E-state index in [0.717, 1.165) is 12.1 Å². The minimum Gasteiger partial charge on any atom is -0.493 e. The molecule has 0 fully saturated rings. The molecule has 0 bridgehead atoms. The molecule has 0 saturated heterocycles. The van der Waals surface area contributed by atoms with Gasteiger partial charge in [-0.15, -0.1) is 0 Å². The van der Waals surface area contributed by atoms with Gasteiger partial charge in [-0.3, -0.25) is 0 Å². The van der Waals surface area contributed by atoms with Gasteiger partial charge in [0.15, 0.2) is 11.5 Å². The highest BCUT2D eigenvalue weighted by molar-refractivity contribution is 6.32. The van der Waals surface area contributed by atoms with Gasteiger partial charge in [0.2, 0.25) is 0 Å². The molecule has 0 atom stereocenters. The van der Waals surface area contributed by atoms with E-state index in [-0.39, 0.29) is 29.5 Å². The van der Waals surface area contributed by atoms with E-state index in [1.54, 1.807) is 6.07 Å². The molecule has 21 heavy (non-hydrogen) atoms. The van der Waals surface area contributed by atoms with E-state index >= 15 is 0 Å². The van der Waals surface area contributed by atoms with Crippen LogP contribution in [-0.2, 0) is 13.2 Å². The van der Waals surface area contributed by atoms with Gasteiger partial charge in [0, 0.05) is 11.6 Å². The van der Waals surface area contributed by atoms with E-state index < -0.39 is 11.6 Å². The van der Waals surface area contributed by atoms with Crippen LogP contribution in [0.4, 0.5) is 8.78 Å². The molecule has 2 rings (SSSR count). The zero-order valence-corrected chi connectivity index (χ0v) is 12.0. The number of hydrogen-bond acceptors (Lipinski definition) is 3. The van der Waals surface area contributed by atoms with Crippen LogP contribution in [0.2, 0.25) is 5.02 Å². The van der Waals surface area contributed by atoms with Gasteiger partial charge < -0.3 is 14.6 Å². The van der Waals surface area contributed by atoms with Crippen molar-refractivity contribution in [1.29, 1.82) is 0 Å². The summed E-state index contributed by atoms with van der Waals surface area (Å²) in [6.07, 6.45) is 0. The number of methoxy groups -OCH3 is 1. The number of hydrogen-bond donors (Lipinski definition) is 1. The van der Waals surface area contributed by atoms with Crippen molar-refractivity contribution in [2.75, 3.05) is 7.11 Å². The number of rotatable bonds is 5. The van der Waals surface area contributed by atoms with E-state index in [9.17, 15) is 8.78 Å². The fourth-order valence-corrected chi connectivity index (χ4v) is 2.08. The Hall–Kier alpha value is -1.85. The van der Waals surface area contributed by atoms with Crippen molar-refractivity contribution in [3.63, 3.8) is 0 Å².